The van der Waals surface area contributed by atoms with E-state index in [1.807, 2.05) is 36.7 Å². The molecule has 0 saturated carbocycles. The van der Waals surface area contributed by atoms with Crippen LogP contribution in [0.1, 0.15) is 31.2 Å². The molecule has 0 amide bonds. The number of benzene rings is 1. The number of aromatic nitrogens is 4. The first-order valence-electron chi connectivity index (χ1n) is 8.26. The van der Waals surface area contributed by atoms with Gasteiger partial charge >= 0.3 is 0 Å². The van der Waals surface area contributed by atoms with Crippen LogP contribution in [0.25, 0.3) is 22.4 Å². The van der Waals surface area contributed by atoms with E-state index in [1.165, 1.54) is 12.1 Å². The van der Waals surface area contributed by atoms with Crippen molar-refractivity contribution < 1.29 is 8.78 Å². The van der Waals surface area contributed by atoms with Gasteiger partial charge in [0.05, 0.1) is 5.52 Å². The molecule has 1 aromatic heterocycles. The van der Waals surface area contributed by atoms with Crippen LogP contribution in [0.3, 0.4) is 0 Å². The maximum Gasteiger partial charge on any atom is 0.248 e. The Morgan fingerprint density at radius 2 is 2.00 bits per heavy atom. The van der Waals surface area contributed by atoms with Crippen molar-refractivity contribution in [2.75, 3.05) is 0 Å². The summed E-state index contributed by atoms with van der Waals surface area (Å²) in [5.74, 6) is -0.437. The van der Waals surface area contributed by atoms with Crippen LogP contribution in [0.15, 0.2) is 41.3 Å². The van der Waals surface area contributed by atoms with Crippen molar-refractivity contribution in [2.24, 2.45) is 0 Å². The number of hydrogen-bond acceptors (Lipinski definition) is 3. The Morgan fingerprint density at radius 3 is 2.77 bits per heavy atom. The second-order valence-corrected chi connectivity index (χ2v) is 6.52. The van der Waals surface area contributed by atoms with E-state index in [4.69, 9.17) is 0 Å². The normalized spacial score (nSPS) is 11.7. The fraction of sp³-hybridized carbons (Fsp3) is 0.211. The van der Waals surface area contributed by atoms with E-state index in [1.54, 1.807) is 0 Å². The Bertz CT molecular complexity index is 1150. The predicted molar refractivity (Wildman–Crippen MR) is 94.3 cm³/mol. The zero-order valence-corrected chi connectivity index (χ0v) is 14.3. The lowest BCUT2D eigenvalue weighted by atomic mass is 10.1. The highest BCUT2D eigenvalue weighted by Crippen LogP contribution is 2.25. The first-order valence-corrected chi connectivity index (χ1v) is 8.26. The van der Waals surface area contributed by atoms with Crippen LogP contribution in [0, 0.1) is 11.6 Å². The maximum absolute atomic E-state index is 14.1. The third-order valence-corrected chi connectivity index (χ3v) is 4.33. The lowest BCUT2D eigenvalue weighted by molar-refractivity contribution is 0.515. The molecule has 0 radical (unpaired) electrons. The van der Waals surface area contributed by atoms with Gasteiger partial charge in [0.25, 0.3) is 0 Å². The first kappa shape index (κ1) is 16.4. The summed E-state index contributed by atoms with van der Waals surface area (Å²) in [6.07, 6.45) is 1.83. The summed E-state index contributed by atoms with van der Waals surface area (Å²) < 4.78 is 29.4. The van der Waals surface area contributed by atoms with Crippen molar-refractivity contribution in [2.45, 2.75) is 26.3 Å². The summed E-state index contributed by atoms with van der Waals surface area (Å²) in [6, 6.07) is 7.64. The molecule has 2 aliphatic heterocycles. The van der Waals surface area contributed by atoms with E-state index in [2.05, 4.69) is 15.0 Å². The van der Waals surface area contributed by atoms with Gasteiger partial charge < -0.3 is 9.55 Å². The molecule has 132 valence electrons. The van der Waals surface area contributed by atoms with Crippen LogP contribution < -0.4 is 5.56 Å². The van der Waals surface area contributed by atoms with Crippen LogP contribution in [-0.4, -0.2) is 19.5 Å². The molecule has 0 aliphatic carbocycles. The molecule has 0 atom stereocenters. The quantitative estimate of drug-likeness (QED) is 0.610. The molecule has 5 nitrogen and oxygen atoms in total. The van der Waals surface area contributed by atoms with Gasteiger partial charge in [0.15, 0.2) is 17.5 Å². The topological polar surface area (TPSA) is 63.6 Å². The lowest BCUT2D eigenvalue weighted by Crippen LogP contribution is -2.12. The molecule has 4 rings (SSSR count). The van der Waals surface area contributed by atoms with Gasteiger partial charge in [-0.25, -0.2) is 18.7 Å². The van der Waals surface area contributed by atoms with E-state index >= 15 is 0 Å². The molecule has 1 N–H and O–H groups in total. The molecule has 7 heteroatoms. The first-order chi connectivity index (χ1) is 12.4. The minimum atomic E-state index is -1.06. The average molecular weight is 354 g/mol. The van der Waals surface area contributed by atoms with E-state index in [0.717, 1.165) is 17.6 Å². The Hall–Kier alpha value is -3.09. The molecule has 2 aliphatic rings. The van der Waals surface area contributed by atoms with Crippen molar-refractivity contribution in [3.8, 4) is 11.5 Å². The number of nitrogens with zero attached hydrogens (tertiary/aromatic N) is 3. The summed E-state index contributed by atoms with van der Waals surface area (Å²) in [6.45, 7) is 4.32. The van der Waals surface area contributed by atoms with Crippen molar-refractivity contribution in [3.63, 3.8) is 0 Å². The van der Waals surface area contributed by atoms with Gasteiger partial charge in [0.2, 0.25) is 5.56 Å². The number of aromatic amines is 1. The average Bonchev–Trinajstić information content (AvgIpc) is 3.04. The van der Waals surface area contributed by atoms with Crippen LogP contribution in [0.4, 0.5) is 8.78 Å². The maximum atomic E-state index is 14.1. The summed E-state index contributed by atoms with van der Waals surface area (Å²) >= 11 is 0. The highest BCUT2D eigenvalue weighted by molar-refractivity contribution is 5.82. The monoisotopic (exact) mass is 354 g/mol. The molecule has 26 heavy (non-hydrogen) atoms. The Labute approximate surface area is 147 Å². The number of halogens is 2. The van der Waals surface area contributed by atoms with Gasteiger partial charge in [0, 0.05) is 30.1 Å². The second kappa shape index (κ2) is 6.01. The second-order valence-electron chi connectivity index (χ2n) is 6.52. The molecule has 0 spiro atoms. The molecule has 0 bridgehead atoms. The van der Waals surface area contributed by atoms with Crippen molar-refractivity contribution in [1.82, 2.24) is 19.5 Å². The number of hydrogen-bond donors (Lipinski definition) is 1. The molecule has 0 unspecified atom stereocenters. The summed E-state index contributed by atoms with van der Waals surface area (Å²) in [7, 11) is 0. The summed E-state index contributed by atoms with van der Waals surface area (Å²) in [5.41, 5.74) is 0.717. The Balaban J connectivity index is 1.87. The molecular weight excluding hydrogens is 338 g/mol. The summed E-state index contributed by atoms with van der Waals surface area (Å²) in [4.78, 5) is 23.4. The number of pyridine rings is 2. The zero-order chi connectivity index (χ0) is 18.4. The fourth-order valence-electron chi connectivity index (χ4n) is 3.03. The summed E-state index contributed by atoms with van der Waals surface area (Å²) in [5, 5.41) is 0.455. The number of imidazole rings is 1. The predicted octanol–water partition coefficient (Wildman–Crippen LogP) is 3.67. The highest BCUT2D eigenvalue weighted by Gasteiger charge is 2.17. The third-order valence-electron chi connectivity index (χ3n) is 4.33. The van der Waals surface area contributed by atoms with Crippen LogP contribution in [-0.2, 0) is 6.54 Å². The van der Waals surface area contributed by atoms with Gasteiger partial charge in [-0.15, -0.1) is 0 Å². The zero-order valence-electron chi connectivity index (χ0n) is 14.3. The van der Waals surface area contributed by atoms with Gasteiger partial charge in [0.1, 0.15) is 11.5 Å². The Morgan fingerprint density at radius 1 is 1.19 bits per heavy atom. The van der Waals surface area contributed by atoms with E-state index in [9.17, 15) is 13.6 Å². The van der Waals surface area contributed by atoms with Gasteiger partial charge in [-0.3, -0.25) is 4.79 Å². The van der Waals surface area contributed by atoms with Crippen LogP contribution in [0.2, 0.25) is 0 Å². The molecule has 0 saturated heterocycles. The highest BCUT2D eigenvalue weighted by atomic mass is 19.2. The molecule has 2 aromatic rings. The fourth-order valence-corrected chi connectivity index (χ4v) is 3.03. The number of nitrogens with one attached hydrogen (secondary N) is 1. The van der Waals surface area contributed by atoms with E-state index < -0.39 is 17.2 Å². The van der Waals surface area contributed by atoms with Crippen LogP contribution >= 0.6 is 0 Å². The molecule has 0 fully saturated rings. The van der Waals surface area contributed by atoms with Crippen molar-refractivity contribution in [1.29, 1.82) is 0 Å². The number of H-pyrrole nitrogens is 1. The van der Waals surface area contributed by atoms with Crippen molar-refractivity contribution in [3.05, 3.63) is 69.9 Å². The SMILES string of the molecule is CC(C)c1nc2cccn(Cc3cc(=O)[nH]c4c(F)c(F)ccc34)c-2n1. The van der Waals surface area contributed by atoms with Gasteiger partial charge in [-0.05, 0) is 29.8 Å². The molecule has 3 heterocycles. The minimum Gasteiger partial charge on any atom is -0.327 e. The van der Waals surface area contributed by atoms with E-state index in [0.29, 0.717) is 23.3 Å². The largest absolute Gasteiger partial charge is 0.327 e. The third kappa shape index (κ3) is 2.65. The minimum absolute atomic E-state index is 0.128. The van der Waals surface area contributed by atoms with Gasteiger partial charge in [-0.2, -0.15) is 0 Å². The molecular formula is C19H16F2N4O. The van der Waals surface area contributed by atoms with E-state index in [-0.39, 0.29) is 11.4 Å². The molecule has 1 aromatic carbocycles. The van der Waals surface area contributed by atoms with Gasteiger partial charge in [-0.1, -0.05) is 13.8 Å². The standard InChI is InChI=1S/C19H16F2N4O/c1-10(2)18-22-14-4-3-7-25(19(14)24-18)9-11-8-15(26)23-17-12(11)5-6-13(20)16(17)21/h3-8,10H,9H2,1-2H3,(H,23,26). The van der Waals surface area contributed by atoms with Crippen molar-refractivity contribution >= 4 is 10.9 Å². The number of rotatable bonds is 3. The lowest BCUT2D eigenvalue weighted by Gasteiger charge is -2.12. The Kier molecular flexibility index (Phi) is 3.79. The number of fused-ring (bicyclic) bond motifs is 2. The van der Waals surface area contributed by atoms with Crippen LogP contribution in [0.5, 0.6) is 0 Å². The smallest absolute Gasteiger partial charge is 0.248 e.